The number of hydrogen-bond donors (Lipinski definition) is 1. The first-order chi connectivity index (χ1) is 7.24. The van der Waals surface area contributed by atoms with Gasteiger partial charge in [-0.1, -0.05) is 19.8 Å². The van der Waals surface area contributed by atoms with Crippen molar-refractivity contribution in [1.82, 2.24) is 4.98 Å². The van der Waals surface area contributed by atoms with Crippen LogP contribution in [-0.2, 0) is 4.74 Å². The van der Waals surface area contributed by atoms with Crippen molar-refractivity contribution in [2.45, 2.75) is 26.2 Å². The van der Waals surface area contributed by atoms with Crippen LogP contribution in [0, 0.1) is 0 Å². The fourth-order valence-electron chi connectivity index (χ4n) is 1.16. The molecular weight excluding hydrogens is 194 g/mol. The zero-order chi connectivity index (χ0) is 11.1. The number of H-pyrrole nitrogens is 1. The zero-order valence-electron chi connectivity index (χ0n) is 8.79. The molecule has 0 saturated heterocycles. The first kappa shape index (κ1) is 11.5. The molecule has 0 saturated carbocycles. The summed E-state index contributed by atoms with van der Waals surface area (Å²) in [6.07, 6.45) is 4.42. The molecule has 1 aromatic rings. The van der Waals surface area contributed by atoms with Crippen LogP contribution in [0.3, 0.4) is 0 Å². The molecule has 1 heterocycles. The molecule has 4 nitrogen and oxygen atoms in total. The van der Waals surface area contributed by atoms with Gasteiger partial charge in [0.05, 0.1) is 6.61 Å². The smallest absolute Gasteiger partial charge is 0.354 e. The molecule has 0 aromatic carbocycles. The molecule has 0 spiro atoms. The summed E-state index contributed by atoms with van der Waals surface area (Å²) in [4.78, 5) is 25.0. The topological polar surface area (TPSA) is 59.2 Å². The van der Waals surface area contributed by atoms with Crippen molar-refractivity contribution in [3.05, 3.63) is 34.2 Å². The fraction of sp³-hybridized carbons (Fsp3) is 0.455. The van der Waals surface area contributed by atoms with Gasteiger partial charge >= 0.3 is 5.97 Å². The van der Waals surface area contributed by atoms with Gasteiger partial charge in [0.15, 0.2) is 5.43 Å². The highest BCUT2D eigenvalue weighted by atomic mass is 16.5. The number of aromatic amines is 1. The number of hydrogen-bond acceptors (Lipinski definition) is 3. The maximum Gasteiger partial charge on any atom is 0.354 e. The van der Waals surface area contributed by atoms with E-state index in [-0.39, 0.29) is 11.1 Å². The second-order valence-corrected chi connectivity index (χ2v) is 3.28. The predicted octanol–water partition coefficient (Wildman–Crippen LogP) is 1.72. The van der Waals surface area contributed by atoms with Gasteiger partial charge < -0.3 is 9.72 Å². The van der Waals surface area contributed by atoms with Gasteiger partial charge in [0.2, 0.25) is 0 Å². The molecule has 0 atom stereocenters. The number of carbonyl (C=O) groups excluding carboxylic acids is 1. The van der Waals surface area contributed by atoms with Gasteiger partial charge in [-0.05, 0) is 6.42 Å². The van der Waals surface area contributed by atoms with Crippen LogP contribution >= 0.6 is 0 Å². The molecule has 1 aromatic heterocycles. The summed E-state index contributed by atoms with van der Waals surface area (Å²) in [6.45, 7) is 2.49. The van der Waals surface area contributed by atoms with Crippen molar-refractivity contribution in [3.63, 3.8) is 0 Å². The fourth-order valence-corrected chi connectivity index (χ4v) is 1.16. The largest absolute Gasteiger partial charge is 0.461 e. The van der Waals surface area contributed by atoms with Crippen molar-refractivity contribution in [3.8, 4) is 0 Å². The molecule has 0 aliphatic carbocycles. The first-order valence-electron chi connectivity index (χ1n) is 5.10. The summed E-state index contributed by atoms with van der Waals surface area (Å²) in [6, 6.07) is 2.59. The number of ether oxygens (including phenoxy) is 1. The zero-order valence-corrected chi connectivity index (χ0v) is 8.79. The summed E-state index contributed by atoms with van der Waals surface area (Å²) in [5.41, 5.74) is 0.00765. The normalized spacial score (nSPS) is 9.93. The molecule has 15 heavy (non-hydrogen) atoms. The third-order valence-corrected chi connectivity index (χ3v) is 1.97. The number of aromatic nitrogens is 1. The monoisotopic (exact) mass is 209 g/mol. The van der Waals surface area contributed by atoms with Crippen LogP contribution in [0.4, 0.5) is 0 Å². The Hall–Kier alpha value is -1.58. The molecule has 0 bridgehead atoms. The van der Waals surface area contributed by atoms with E-state index in [1.165, 1.54) is 18.3 Å². The van der Waals surface area contributed by atoms with Gasteiger partial charge in [-0.2, -0.15) is 0 Å². The average molecular weight is 209 g/mol. The Morgan fingerprint density at radius 3 is 2.93 bits per heavy atom. The molecule has 82 valence electrons. The molecular formula is C11H15NO3. The summed E-state index contributed by atoms with van der Waals surface area (Å²) < 4.78 is 4.98. The molecule has 0 unspecified atom stereocenters. The van der Waals surface area contributed by atoms with Crippen LogP contribution in [0.5, 0.6) is 0 Å². The molecule has 4 heteroatoms. The minimum absolute atomic E-state index is 0.200. The van der Waals surface area contributed by atoms with E-state index in [0.29, 0.717) is 6.61 Å². The lowest BCUT2D eigenvalue weighted by molar-refractivity contribution is 0.0491. The predicted molar refractivity (Wildman–Crippen MR) is 56.9 cm³/mol. The molecule has 0 aliphatic rings. The third-order valence-electron chi connectivity index (χ3n) is 1.97. The van der Waals surface area contributed by atoms with Gasteiger partial charge in [-0.3, -0.25) is 4.79 Å². The van der Waals surface area contributed by atoms with E-state index in [1.54, 1.807) is 0 Å². The lowest BCUT2D eigenvalue weighted by atomic mass is 10.3. The summed E-state index contributed by atoms with van der Waals surface area (Å²) in [5.74, 6) is -0.469. The van der Waals surface area contributed by atoms with E-state index in [4.69, 9.17) is 4.74 Å². The molecule has 1 N–H and O–H groups in total. The minimum atomic E-state index is -0.469. The van der Waals surface area contributed by atoms with E-state index in [0.717, 1.165) is 19.3 Å². The summed E-state index contributed by atoms with van der Waals surface area (Å²) in [5, 5.41) is 0. The van der Waals surface area contributed by atoms with Crippen molar-refractivity contribution in [1.29, 1.82) is 0 Å². The van der Waals surface area contributed by atoms with Gasteiger partial charge in [0.1, 0.15) is 5.69 Å². The summed E-state index contributed by atoms with van der Waals surface area (Å²) in [7, 11) is 0. The third kappa shape index (κ3) is 3.97. The number of rotatable bonds is 5. The Balaban J connectivity index is 2.44. The highest BCUT2D eigenvalue weighted by Gasteiger charge is 2.06. The lowest BCUT2D eigenvalue weighted by Crippen LogP contribution is -2.11. The van der Waals surface area contributed by atoms with Gasteiger partial charge in [-0.25, -0.2) is 4.79 Å². The maximum atomic E-state index is 11.4. The van der Waals surface area contributed by atoms with E-state index in [1.807, 2.05) is 0 Å². The molecule has 0 fully saturated rings. The summed E-state index contributed by atoms with van der Waals surface area (Å²) >= 11 is 0. The number of esters is 1. The standard InChI is InChI=1S/C11H15NO3/c1-2-3-4-7-15-11(14)10-8-9(13)5-6-12-10/h5-6,8H,2-4,7H2,1H3,(H,12,13). The van der Waals surface area contributed by atoms with Crippen LogP contribution in [0.25, 0.3) is 0 Å². The number of pyridine rings is 1. The van der Waals surface area contributed by atoms with Crippen molar-refractivity contribution < 1.29 is 9.53 Å². The van der Waals surface area contributed by atoms with E-state index in [9.17, 15) is 9.59 Å². The number of unbranched alkanes of at least 4 members (excludes halogenated alkanes) is 2. The van der Waals surface area contributed by atoms with Crippen molar-refractivity contribution in [2.24, 2.45) is 0 Å². The second-order valence-electron chi connectivity index (χ2n) is 3.28. The maximum absolute atomic E-state index is 11.4. The van der Waals surface area contributed by atoms with Crippen LogP contribution in [0.15, 0.2) is 23.1 Å². The Bertz CT molecular complexity index is 370. The Kier molecular flexibility index (Phi) is 4.60. The van der Waals surface area contributed by atoms with Gasteiger partial charge in [0, 0.05) is 18.3 Å². The molecule has 1 rings (SSSR count). The van der Waals surface area contributed by atoms with Crippen molar-refractivity contribution >= 4 is 5.97 Å². The van der Waals surface area contributed by atoms with Crippen LogP contribution in [0.2, 0.25) is 0 Å². The Morgan fingerprint density at radius 2 is 2.27 bits per heavy atom. The first-order valence-corrected chi connectivity index (χ1v) is 5.10. The second kappa shape index (κ2) is 6.01. The van der Waals surface area contributed by atoms with Gasteiger partial charge in [0.25, 0.3) is 0 Å². The Morgan fingerprint density at radius 1 is 1.47 bits per heavy atom. The quantitative estimate of drug-likeness (QED) is 0.593. The van der Waals surface area contributed by atoms with Crippen molar-refractivity contribution in [2.75, 3.05) is 6.61 Å². The highest BCUT2D eigenvalue weighted by Crippen LogP contribution is 1.98. The SMILES string of the molecule is CCCCCOC(=O)c1cc(=O)cc[nH]1. The number of nitrogens with one attached hydrogen (secondary N) is 1. The van der Waals surface area contributed by atoms with E-state index < -0.39 is 5.97 Å². The molecule has 0 amide bonds. The average Bonchev–Trinajstić information content (AvgIpc) is 2.24. The van der Waals surface area contributed by atoms with E-state index >= 15 is 0 Å². The Labute approximate surface area is 88.3 Å². The highest BCUT2D eigenvalue weighted by molar-refractivity contribution is 5.86. The van der Waals surface area contributed by atoms with Crippen LogP contribution in [0.1, 0.15) is 36.7 Å². The molecule has 0 aliphatic heterocycles. The van der Waals surface area contributed by atoms with Crippen LogP contribution in [-0.4, -0.2) is 17.6 Å². The molecule has 0 radical (unpaired) electrons. The van der Waals surface area contributed by atoms with Gasteiger partial charge in [-0.15, -0.1) is 0 Å². The lowest BCUT2D eigenvalue weighted by Gasteiger charge is -2.03. The van der Waals surface area contributed by atoms with Crippen LogP contribution < -0.4 is 5.43 Å². The minimum Gasteiger partial charge on any atom is -0.461 e. The number of carbonyl (C=O) groups is 1. The van der Waals surface area contributed by atoms with E-state index in [2.05, 4.69) is 11.9 Å².